The van der Waals surface area contributed by atoms with E-state index in [4.69, 9.17) is 0 Å². The molecule has 1 N–H and O–H groups in total. The minimum absolute atomic E-state index is 0.444. The number of hydrogen-bond acceptors (Lipinski definition) is 5. The molecule has 2 heterocycles. The third kappa shape index (κ3) is 5.03. The molecule has 2 aromatic heterocycles. The van der Waals surface area contributed by atoms with E-state index < -0.39 is 0 Å². The summed E-state index contributed by atoms with van der Waals surface area (Å²) in [5.74, 6) is 2.94. The lowest BCUT2D eigenvalue weighted by Crippen LogP contribution is -2.22. The van der Waals surface area contributed by atoms with Crippen molar-refractivity contribution in [2.45, 2.75) is 33.1 Å². The molecule has 0 aliphatic heterocycles. The lowest BCUT2D eigenvalue weighted by molar-refractivity contribution is 0.847. The number of anilines is 3. The number of aromatic nitrogens is 3. The van der Waals surface area contributed by atoms with Gasteiger partial charge in [0.05, 0.1) is 0 Å². The number of pyridine rings is 1. The number of nitrogens with zero attached hydrogens (tertiary/aromatic N) is 4. The highest BCUT2D eigenvalue weighted by Crippen LogP contribution is 2.27. The van der Waals surface area contributed by atoms with Crippen LogP contribution in [0.5, 0.6) is 0 Å². The van der Waals surface area contributed by atoms with E-state index in [1.807, 2.05) is 31.5 Å². The molecule has 0 spiro atoms. The first-order chi connectivity index (χ1) is 13.0. The van der Waals surface area contributed by atoms with Gasteiger partial charge in [-0.05, 0) is 48.6 Å². The lowest BCUT2D eigenvalue weighted by atomic mass is 10.0. The first kappa shape index (κ1) is 18.8. The fourth-order valence-corrected chi connectivity index (χ4v) is 3.02. The Hall–Kier alpha value is -2.95. The van der Waals surface area contributed by atoms with E-state index in [0.717, 1.165) is 36.1 Å². The second-order valence-corrected chi connectivity index (χ2v) is 7.05. The van der Waals surface area contributed by atoms with Gasteiger partial charge in [0.25, 0.3) is 0 Å². The molecule has 5 heteroatoms. The average molecular weight is 361 g/mol. The normalized spacial score (nSPS) is 10.9. The molecule has 1 aromatic carbocycles. The van der Waals surface area contributed by atoms with E-state index >= 15 is 0 Å². The maximum atomic E-state index is 4.61. The second kappa shape index (κ2) is 8.62. The summed E-state index contributed by atoms with van der Waals surface area (Å²) in [6.45, 7) is 7.20. The quantitative estimate of drug-likeness (QED) is 0.659. The summed E-state index contributed by atoms with van der Waals surface area (Å²) in [7, 11) is 2.06. The summed E-state index contributed by atoms with van der Waals surface area (Å²) < 4.78 is 0. The van der Waals surface area contributed by atoms with Crippen molar-refractivity contribution in [2.24, 2.45) is 0 Å². The van der Waals surface area contributed by atoms with Gasteiger partial charge in [0, 0.05) is 37.7 Å². The van der Waals surface area contributed by atoms with Crippen molar-refractivity contribution in [1.29, 1.82) is 0 Å². The van der Waals surface area contributed by atoms with Gasteiger partial charge in [-0.3, -0.25) is 4.98 Å². The number of para-hydroxylation sites is 1. The minimum atomic E-state index is 0.444. The molecule has 0 aliphatic rings. The van der Waals surface area contributed by atoms with Crippen molar-refractivity contribution in [1.82, 2.24) is 15.0 Å². The summed E-state index contributed by atoms with van der Waals surface area (Å²) >= 11 is 0. The predicted octanol–water partition coefficient (Wildman–Crippen LogP) is 4.73. The number of benzene rings is 1. The number of rotatable bonds is 7. The Bertz CT molecular complexity index is 877. The Morgan fingerprint density at radius 3 is 2.52 bits per heavy atom. The van der Waals surface area contributed by atoms with Gasteiger partial charge in [0.1, 0.15) is 17.5 Å². The van der Waals surface area contributed by atoms with Crippen LogP contribution in [0.4, 0.5) is 17.3 Å². The topological polar surface area (TPSA) is 53.9 Å². The third-order valence-electron chi connectivity index (χ3n) is 4.55. The number of aryl methyl sites for hydroxylation is 1. The average Bonchev–Trinajstić information content (AvgIpc) is 2.66. The van der Waals surface area contributed by atoms with Gasteiger partial charge < -0.3 is 10.2 Å². The maximum Gasteiger partial charge on any atom is 0.136 e. The standard InChI is InChI=1S/C22H27N5/c1-16(2)19-7-5-6-8-20(19)26-21-15-22(25-17(3)24-21)27(4)14-11-18-9-12-23-13-10-18/h5-10,12-13,15-16H,11,14H2,1-4H3,(H,24,25,26). The summed E-state index contributed by atoms with van der Waals surface area (Å²) in [4.78, 5) is 15.4. The summed E-state index contributed by atoms with van der Waals surface area (Å²) in [6.07, 6.45) is 4.61. The van der Waals surface area contributed by atoms with E-state index in [1.165, 1.54) is 11.1 Å². The fraction of sp³-hybridized carbons (Fsp3) is 0.318. The van der Waals surface area contributed by atoms with Crippen LogP contribution in [0.2, 0.25) is 0 Å². The van der Waals surface area contributed by atoms with Crippen LogP contribution in [-0.2, 0) is 6.42 Å². The first-order valence-corrected chi connectivity index (χ1v) is 9.34. The van der Waals surface area contributed by atoms with Crippen LogP contribution in [0.1, 0.15) is 36.7 Å². The Kier molecular flexibility index (Phi) is 6.01. The van der Waals surface area contributed by atoms with Crippen LogP contribution in [0.15, 0.2) is 54.9 Å². The molecule has 0 aliphatic carbocycles. The van der Waals surface area contributed by atoms with E-state index in [0.29, 0.717) is 5.92 Å². The van der Waals surface area contributed by atoms with E-state index in [9.17, 15) is 0 Å². The molecule has 0 saturated heterocycles. The smallest absolute Gasteiger partial charge is 0.136 e. The summed E-state index contributed by atoms with van der Waals surface area (Å²) in [5, 5.41) is 3.48. The minimum Gasteiger partial charge on any atom is -0.359 e. The molecule has 0 saturated carbocycles. The van der Waals surface area contributed by atoms with Gasteiger partial charge in [0.15, 0.2) is 0 Å². The number of nitrogens with one attached hydrogen (secondary N) is 1. The molecule has 0 radical (unpaired) electrons. The van der Waals surface area contributed by atoms with E-state index in [2.05, 4.69) is 76.4 Å². The molecule has 27 heavy (non-hydrogen) atoms. The molecule has 140 valence electrons. The molecule has 3 aromatic rings. The molecule has 0 bridgehead atoms. The number of hydrogen-bond donors (Lipinski definition) is 1. The van der Waals surface area contributed by atoms with Crippen molar-refractivity contribution in [3.8, 4) is 0 Å². The third-order valence-corrected chi connectivity index (χ3v) is 4.55. The Balaban J connectivity index is 1.76. The van der Waals surface area contributed by atoms with Crippen LogP contribution in [-0.4, -0.2) is 28.5 Å². The van der Waals surface area contributed by atoms with Crippen molar-refractivity contribution in [3.05, 3.63) is 71.8 Å². The Labute approximate surface area is 161 Å². The molecule has 3 rings (SSSR count). The molecular weight excluding hydrogens is 334 g/mol. The SMILES string of the molecule is Cc1nc(Nc2ccccc2C(C)C)cc(N(C)CCc2ccncc2)n1. The zero-order valence-corrected chi connectivity index (χ0v) is 16.5. The monoisotopic (exact) mass is 361 g/mol. The number of likely N-dealkylation sites (N-methyl/N-ethyl adjacent to an activating group) is 1. The van der Waals surface area contributed by atoms with Gasteiger partial charge in [-0.15, -0.1) is 0 Å². The fourth-order valence-electron chi connectivity index (χ4n) is 3.02. The summed E-state index contributed by atoms with van der Waals surface area (Å²) in [5.41, 5.74) is 3.64. The van der Waals surface area contributed by atoms with E-state index in [1.54, 1.807) is 0 Å². The molecule has 0 unspecified atom stereocenters. The van der Waals surface area contributed by atoms with Gasteiger partial charge in [-0.25, -0.2) is 9.97 Å². The zero-order valence-electron chi connectivity index (χ0n) is 16.5. The van der Waals surface area contributed by atoms with Crippen LogP contribution >= 0.6 is 0 Å². The van der Waals surface area contributed by atoms with Crippen molar-refractivity contribution in [3.63, 3.8) is 0 Å². The molecule has 0 fully saturated rings. The first-order valence-electron chi connectivity index (χ1n) is 9.34. The largest absolute Gasteiger partial charge is 0.359 e. The van der Waals surface area contributed by atoms with Gasteiger partial charge in [-0.2, -0.15) is 0 Å². The molecule has 5 nitrogen and oxygen atoms in total. The molecule has 0 amide bonds. The van der Waals surface area contributed by atoms with Crippen molar-refractivity contribution < 1.29 is 0 Å². The van der Waals surface area contributed by atoms with Gasteiger partial charge in [0.2, 0.25) is 0 Å². The Morgan fingerprint density at radius 1 is 1.04 bits per heavy atom. The molecular formula is C22H27N5. The Morgan fingerprint density at radius 2 is 1.78 bits per heavy atom. The van der Waals surface area contributed by atoms with Gasteiger partial charge in [-0.1, -0.05) is 32.0 Å². The van der Waals surface area contributed by atoms with Crippen LogP contribution in [0.25, 0.3) is 0 Å². The zero-order chi connectivity index (χ0) is 19.2. The summed E-state index contributed by atoms with van der Waals surface area (Å²) in [6, 6.07) is 14.5. The van der Waals surface area contributed by atoms with Crippen LogP contribution < -0.4 is 10.2 Å². The van der Waals surface area contributed by atoms with Crippen LogP contribution in [0.3, 0.4) is 0 Å². The highest BCUT2D eigenvalue weighted by Gasteiger charge is 2.10. The van der Waals surface area contributed by atoms with Crippen molar-refractivity contribution in [2.75, 3.05) is 23.8 Å². The predicted molar refractivity (Wildman–Crippen MR) is 112 cm³/mol. The van der Waals surface area contributed by atoms with Crippen molar-refractivity contribution >= 4 is 17.3 Å². The second-order valence-electron chi connectivity index (χ2n) is 7.05. The lowest BCUT2D eigenvalue weighted by Gasteiger charge is -2.20. The van der Waals surface area contributed by atoms with E-state index in [-0.39, 0.29) is 0 Å². The maximum absolute atomic E-state index is 4.61. The van der Waals surface area contributed by atoms with Crippen LogP contribution in [0, 0.1) is 6.92 Å². The van der Waals surface area contributed by atoms with Gasteiger partial charge >= 0.3 is 0 Å². The highest BCUT2D eigenvalue weighted by molar-refractivity contribution is 5.63. The highest BCUT2D eigenvalue weighted by atomic mass is 15.2. The molecule has 0 atom stereocenters.